The number of likely N-dealkylation sites (tertiary alicyclic amines) is 1. The van der Waals surface area contributed by atoms with Gasteiger partial charge in [-0.15, -0.1) is 0 Å². The molecule has 0 bridgehead atoms. The molecule has 2 aliphatic heterocycles. The molecule has 8 nitrogen and oxygen atoms in total. The maximum Gasteiger partial charge on any atom is 0.415 e. The van der Waals surface area contributed by atoms with Crippen molar-refractivity contribution in [3.05, 3.63) is 29.8 Å². The number of benzene rings is 1. The summed E-state index contributed by atoms with van der Waals surface area (Å²) in [5.41, 5.74) is 0.408. The topological polar surface area (TPSA) is 85.4 Å². The van der Waals surface area contributed by atoms with Gasteiger partial charge in [-0.2, -0.15) is 0 Å². The molecule has 0 radical (unpaired) electrons. The number of carbonyl (C=O) groups is 3. The quantitative estimate of drug-likeness (QED) is 0.549. The van der Waals surface area contributed by atoms with E-state index in [2.05, 4.69) is 0 Å². The van der Waals surface area contributed by atoms with Crippen LogP contribution in [0.4, 0.5) is 15.3 Å². The van der Waals surface area contributed by atoms with Crippen molar-refractivity contribution in [2.45, 2.75) is 58.2 Å². The molecule has 0 saturated carbocycles. The molecule has 0 aliphatic carbocycles. The second-order valence-corrected chi connectivity index (χ2v) is 8.75. The summed E-state index contributed by atoms with van der Waals surface area (Å²) in [5, 5.41) is 0. The Bertz CT molecular complexity index is 791. The Morgan fingerprint density at radius 1 is 1.13 bits per heavy atom. The Labute approximate surface area is 177 Å². The predicted octanol–water partition coefficient (Wildman–Crippen LogP) is 3.52. The van der Waals surface area contributed by atoms with Gasteiger partial charge in [-0.3, -0.25) is 9.69 Å². The van der Waals surface area contributed by atoms with Crippen LogP contribution in [-0.2, 0) is 25.4 Å². The van der Waals surface area contributed by atoms with E-state index in [9.17, 15) is 14.4 Å². The Balaban J connectivity index is 1.59. The summed E-state index contributed by atoms with van der Waals surface area (Å²) >= 11 is 0. The van der Waals surface area contributed by atoms with Crippen molar-refractivity contribution >= 4 is 23.8 Å². The van der Waals surface area contributed by atoms with Crippen LogP contribution in [0.1, 0.15) is 46.1 Å². The first kappa shape index (κ1) is 21.9. The van der Waals surface area contributed by atoms with Crippen LogP contribution in [0.2, 0.25) is 0 Å². The average molecular weight is 418 g/mol. The number of carbonyl (C=O) groups excluding carboxylic acids is 3. The highest BCUT2D eigenvalue weighted by atomic mass is 16.6. The Morgan fingerprint density at radius 3 is 2.33 bits per heavy atom. The van der Waals surface area contributed by atoms with Crippen molar-refractivity contribution < 1.29 is 28.6 Å². The number of piperidine rings is 1. The van der Waals surface area contributed by atoms with E-state index in [0.717, 1.165) is 11.3 Å². The second kappa shape index (κ2) is 8.53. The van der Waals surface area contributed by atoms with Crippen LogP contribution >= 0.6 is 0 Å². The van der Waals surface area contributed by atoms with Gasteiger partial charge in [0, 0.05) is 31.6 Å². The zero-order chi connectivity index (χ0) is 21.9. The van der Waals surface area contributed by atoms with Crippen molar-refractivity contribution in [2.24, 2.45) is 0 Å². The van der Waals surface area contributed by atoms with E-state index in [1.54, 1.807) is 16.7 Å². The molecule has 3 rings (SSSR count). The highest BCUT2D eigenvalue weighted by molar-refractivity contribution is 5.90. The number of hydrogen-bond acceptors (Lipinski definition) is 6. The SMILES string of the molecule is CCOC(=O)Cc1ccc(N2CC3(CCN(C(=O)OC(C)(C)C)CC3)OC2=O)cc1. The van der Waals surface area contributed by atoms with Crippen molar-refractivity contribution in [3.8, 4) is 0 Å². The van der Waals surface area contributed by atoms with E-state index in [1.165, 1.54) is 0 Å². The molecule has 2 aliphatic rings. The number of ether oxygens (including phenoxy) is 3. The molecule has 2 fully saturated rings. The summed E-state index contributed by atoms with van der Waals surface area (Å²) in [5.74, 6) is -0.276. The van der Waals surface area contributed by atoms with Gasteiger partial charge in [0.05, 0.1) is 19.6 Å². The molecule has 0 aromatic heterocycles. The van der Waals surface area contributed by atoms with Gasteiger partial charge in [0.25, 0.3) is 0 Å². The minimum atomic E-state index is -0.598. The lowest BCUT2D eigenvalue weighted by Gasteiger charge is -2.37. The number of hydrogen-bond donors (Lipinski definition) is 0. The van der Waals surface area contributed by atoms with Crippen LogP contribution in [0.25, 0.3) is 0 Å². The molecule has 1 aromatic rings. The van der Waals surface area contributed by atoms with Gasteiger partial charge in [0.2, 0.25) is 0 Å². The Morgan fingerprint density at radius 2 is 1.77 bits per heavy atom. The fourth-order valence-electron chi connectivity index (χ4n) is 3.68. The molecule has 164 valence electrons. The zero-order valence-electron chi connectivity index (χ0n) is 18.1. The standard InChI is InChI=1S/C22H30N2O6/c1-5-28-18(25)14-16-6-8-17(9-7-16)24-15-22(30-20(24)27)10-12-23(13-11-22)19(26)29-21(2,3)4/h6-9H,5,10-15H2,1-4H3. The van der Waals surface area contributed by atoms with E-state index in [1.807, 2.05) is 45.0 Å². The fraction of sp³-hybridized carbons (Fsp3) is 0.591. The third kappa shape index (κ3) is 5.23. The third-order valence-corrected chi connectivity index (χ3v) is 5.20. The van der Waals surface area contributed by atoms with Gasteiger partial charge in [-0.05, 0) is 45.4 Å². The summed E-state index contributed by atoms with van der Waals surface area (Å²) in [6.07, 6.45) is 0.600. The molecule has 1 spiro atoms. The third-order valence-electron chi connectivity index (χ3n) is 5.20. The average Bonchev–Trinajstić information content (AvgIpc) is 2.97. The van der Waals surface area contributed by atoms with Gasteiger partial charge in [0.15, 0.2) is 0 Å². The summed E-state index contributed by atoms with van der Waals surface area (Å²) in [7, 11) is 0. The monoisotopic (exact) mass is 418 g/mol. The van der Waals surface area contributed by atoms with E-state index in [4.69, 9.17) is 14.2 Å². The van der Waals surface area contributed by atoms with Gasteiger partial charge in [-0.1, -0.05) is 12.1 Å². The van der Waals surface area contributed by atoms with E-state index in [-0.39, 0.29) is 24.6 Å². The molecular formula is C22H30N2O6. The molecule has 30 heavy (non-hydrogen) atoms. The summed E-state index contributed by atoms with van der Waals surface area (Å²) in [4.78, 5) is 39.7. The van der Waals surface area contributed by atoms with Crippen LogP contribution in [0.5, 0.6) is 0 Å². The number of nitrogens with zero attached hydrogens (tertiary/aromatic N) is 2. The highest BCUT2D eigenvalue weighted by Gasteiger charge is 2.48. The van der Waals surface area contributed by atoms with Crippen molar-refractivity contribution in [3.63, 3.8) is 0 Å². The molecule has 2 saturated heterocycles. The normalized spacial score (nSPS) is 18.3. The fourth-order valence-corrected chi connectivity index (χ4v) is 3.68. The van der Waals surface area contributed by atoms with Crippen LogP contribution in [-0.4, -0.2) is 60.5 Å². The first-order valence-corrected chi connectivity index (χ1v) is 10.3. The van der Waals surface area contributed by atoms with Crippen molar-refractivity contribution in [1.29, 1.82) is 0 Å². The molecule has 0 atom stereocenters. The van der Waals surface area contributed by atoms with E-state index < -0.39 is 11.2 Å². The highest BCUT2D eigenvalue weighted by Crippen LogP contribution is 2.36. The van der Waals surface area contributed by atoms with E-state index >= 15 is 0 Å². The molecule has 0 N–H and O–H groups in total. The molecule has 0 unspecified atom stereocenters. The van der Waals surface area contributed by atoms with Crippen LogP contribution < -0.4 is 4.90 Å². The zero-order valence-corrected chi connectivity index (χ0v) is 18.1. The minimum absolute atomic E-state index is 0.197. The lowest BCUT2D eigenvalue weighted by molar-refractivity contribution is -0.142. The van der Waals surface area contributed by atoms with Crippen molar-refractivity contribution in [1.82, 2.24) is 4.90 Å². The minimum Gasteiger partial charge on any atom is -0.466 e. The molecule has 8 heteroatoms. The summed E-state index contributed by atoms with van der Waals surface area (Å²) in [6.45, 7) is 9.03. The molecule has 2 heterocycles. The number of anilines is 1. The van der Waals surface area contributed by atoms with E-state index in [0.29, 0.717) is 39.1 Å². The second-order valence-electron chi connectivity index (χ2n) is 8.75. The van der Waals surface area contributed by atoms with Crippen LogP contribution in [0.3, 0.4) is 0 Å². The maximum atomic E-state index is 12.5. The molecule has 1 aromatic carbocycles. The largest absolute Gasteiger partial charge is 0.466 e. The number of esters is 1. The van der Waals surface area contributed by atoms with Gasteiger partial charge in [0.1, 0.15) is 11.2 Å². The lowest BCUT2D eigenvalue weighted by atomic mass is 9.91. The summed E-state index contributed by atoms with van der Waals surface area (Å²) < 4.78 is 16.1. The molecule has 2 amide bonds. The lowest BCUT2D eigenvalue weighted by Crippen LogP contribution is -2.49. The van der Waals surface area contributed by atoms with Crippen LogP contribution in [0, 0.1) is 0 Å². The smallest absolute Gasteiger partial charge is 0.415 e. The van der Waals surface area contributed by atoms with Gasteiger partial charge < -0.3 is 19.1 Å². The first-order chi connectivity index (χ1) is 14.1. The predicted molar refractivity (Wildman–Crippen MR) is 110 cm³/mol. The van der Waals surface area contributed by atoms with Crippen LogP contribution in [0.15, 0.2) is 24.3 Å². The Kier molecular flexibility index (Phi) is 6.24. The Hall–Kier alpha value is -2.77. The summed E-state index contributed by atoms with van der Waals surface area (Å²) in [6, 6.07) is 7.25. The maximum absolute atomic E-state index is 12.5. The van der Waals surface area contributed by atoms with Gasteiger partial charge >= 0.3 is 18.2 Å². The van der Waals surface area contributed by atoms with Gasteiger partial charge in [-0.25, -0.2) is 9.59 Å². The number of amides is 2. The van der Waals surface area contributed by atoms with Crippen molar-refractivity contribution in [2.75, 3.05) is 31.1 Å². The molecular weight excluding hydrogens is 388 g/mol. The number of rotatable bonds is 4. The first-order valence-electron chi connectivity index (χ1n) is 10.3.